The zero-order chi connectivity index (χ0) is 10.1. The number of benzene rings is 1. The predicted octanol–water partition coefficient (Wildman–Crippen LogP) is 2.89. The van der Waals surface area contributed by atoms with Gasteiger partial charge in [-0.2, -0.15) is 5.26 Å². The van der Waals surface area contributed by atoms with Gasteiger partial charge in [0.2, 0.25) is 0 Å². The zero-order valence-corrected chi connectivity index (χ0v) is 8.39. The van der Waals surface area contributed by atoms with Crippen LogP contribution in [0.15, 0.2) is 17.5 Å². The van der Waals surface area contributed by atoms with Gasteiger partial charge in [0.1, 0.15) is 6.07 Å². The van der Waals surface area contributed by atoms with Crippen LogP contribution in [0.1, 0.15) is 21.5 Å². The number of carbonyl (C=O) groups is 1. The number of thiophene rings is 1. The molecule has 0 spiro atoms. The summed E-state index contributed by atoms with van der Waals surface area (Å²) in [7, 11) is 0. The summed E-state index contributed by atoms with van der Waals surface area (Å²) in [5.74, 6) is 0. The molecule has 2 aromatic rings. The molecule has 0 unspecified atom stereocenters. The Morgan fingerprint density at radius 3 is 2.93 bits per heavy atom. The van der Waals surface area contributed by atoms with E-state index in [0.717, 1.165) is 21.9 Å². The molecular weight excluding hydrogens is 194 g/mol. The maximum Gasteiger partial charge on any atom is 0.151 e. The Labute approximate surface area is 85.4 Å². The summed E-state index contributed by atoms with van der Waals surface area (Å²) < 4.78 is 0.913. The van der Waals surface area contributed by atoms with Crippen molar-refractivity contribution in [2.75, 3.05) is 0 Å². The summed E-state index contributed by atoms with van der Waals surface area (Å²) in [4.78, 5) is 10.9. The van der Waals surface area contributed by atoms with Crippen LogP contribution in [0.25, 0.3) is 10.1 Å². The van der Waals surface area contributed by atoms with Crippen molar-refractivity contribution in [1.82, 2.24) is 0 Å². The highest BCUT2D eigenvalue weighted by Gasteiger charge is 2.08. The molecule has 0 bridgehead atoms. The number of rotatable bonds is 1. The molecule has 0 atom stereocenters. The van der Waals surface area contributed by atoms with Crippen molar-refractivity contribution in [1.29, 1.82) is 5.26 Å². The fourth-order valence-electron chi connectivity index (χ4n) is 1.45. The Hall–Kier alpha value is -1.66. The lowest BCUT2D eigenvalue weighted by molar-refractivity contribution is 0.112. The van der Waals surface area contributed by atoms with Gasteiger partial charge in [0.05, 0.1) is 5.56 Å². The molecule has 2 nitrogen and oxygen atoms in total. The van der Waals surface area contributed by atoms with Crippen LogP contribution in [-0.4, -0.2) is 6.29 Å². The lowest BCUT2D eigenvalue weighted by atomic mass is 10.1. The summed E-state index contributed by atoms with van der Waals surface area (Å²) in [5, 5.41) is 11.5. The molecule has 0 aliphatic carbocycles. The fourth-order valence-corrected chi connectivity index (χ4v) is 2.51. The lowest BCUT2D eigenvalue weighted by Gasteiger charge is -1.98. The smallest absolute Gasteiger partial charge is 0.151 e. The minimum atomic E-state index is 0.646. The number of hydrogen-bond acceptors (Lipinski definition) is 3. The van der Waals surface area contributed by atoms with Gasteiger partial charge in [-0.1, -0.05) is 12.1 Å². The quantitative estimate of drug-likeness (QED) is 0.665. The third-order valence-electron chi connectivity index (χ3n) is 2.24. The third kappa shape index (κ3) is 1.12. The summed E-state index contributed by atoms with van der Waals surface area (Å²) in [5.41, 5.74) is 2.31. The second-order valence-corrected chi connectivity index (χ2v) is 3.93. The number of aryl methyl sites for hydroxylation is 1. The van der Waals surface area contributed by atoms with Crippen LogP contribution in [0.4, 0.5) is 0 Å². The van der Waals surface area contributed by atoms with Gasteiger partial charge in [-0.15, -0.1) is 11.3 Å². The molecule has 1 heterocycles. The first-order valence-corrected chi connectivity index (χ1v) is 5.02. The van der Waals surface area contributed by atoms with Gasteiger partial charge in [-0.05, 0) is 12.5 Å². The molecule has 2 rings (SSSR count). The van der Waals surface area contributed by atoms with Gasteiger partial charge in [-0.25, -0.2) is 0 Å². The van der Waals surface area contributed by atoms with E-state index in [1.165, 1.54) is 11.3 Å². The van der Waals surface area contributed by atoms with Gasteiger partial charge >= 0.3 is 0 Å². The van der Waals surface area contributed by atoms with Crippen LogP contribution in [0.3, 0.4) is 0 Å². The molecule has 0 radical (unpaired) electrons. The Balaban J connectivity index is 2.92. The molecule has 0 aliphatic heterocycles. The number of aldehydes is 1. The molecule has 1 aromatic heterocycles. The summed E-state index contributed by atoms with van der Waals surface area (Å²) in [6.07, 6.45) is 0.856. The Bertz CT molecular complexity index is 548. The first-order valence-electron chi connectivity index (χ1n) is 4.14. The van der Waals surface area contributed by atoms with E-state index in [1.807, 2.05) is 19.1 Å². The highest BCUT2D eigenvalue weighted by Crippen LogP contribution is 2.29. The average molecular weight is 201 g/mol. The van der Waals surface area contributed by atoms with E-state index in [2.05, 4.69) is 6.07 Å². The molecule has 0 saturated heterocycles. The standard InChI is InChI=1S/C11H7NOS/c1-7-2-3-9-8(4-12)6-14-11(9)10(7)5-13/h2-3,5-6H,1H3. The molecule has 1 aromatic carbocycles. The lowest BCUT2D eigenvalue weighted by Crippen LogP contribution is -1.85. The van der Waals surface area contributed by atoms with E-state index in [1.54, 1.807) is 5.38 Å². The number of carbonyl (C=O) groups excluding carboxylic acids is 1. The van der Waals surface area contributed by atoms with Gasteiger partial charge in [0, 0.05) is 21.0 Å². The monoisotopic (exact) mass is 201 g/mol. The second-order valence-electron chi connectivity index (χ2n) is 3.05. The predicted molar refractivity (Wildman–Crippen MR) is 56.7 cm³/mol. The highest BCUT2D eigenvalue weighted by atomic mass is 32.1. The van der Waals surface area contributed by atoms with Gasteiger partial charge in [0.15, 0.2) is 6.29 Å². The van der Waals surface area contributed by atoms with Crippen molar-refractivity contribution in [2.45, 2.75) is 6.92 Å². The molecule has 0 N–H and O–H groups in total. The van der Waals surface area contributed by atoms with E-state index in [9.17, 15) is 4.79 Å². The van der Waals surface area contributed by atoms with Crippen LogP contribution in [0, 0.1) is 18.3 Å². The number of nitrogens with zero attached hydrogens (tertiary/aromatic N) is 1. The summed E-state index contributed by atoms with van der Waals surface area (Å²) in [6.45, 7) is 1.90. The largest absolute Gasteiger partial charge is 0.298 e. The number of nitriles is 1. The Morgan fingerprint density at radius 1 is 1.50 bits per heavy atom. The topological polar surface area (TPSA) is 40.9 Å². The first-order chi connectivity index (χ1) is 6.77. The summed E-state index contributed by atoms with van der Waals surface area (Å²) in [6, 6.07) is 5.89. The maximum atomic E-state index is 10.9. The molecular formula is C11H7NOS. The van der Waals surface area contributed by atoms with E-state index in [0.29, 0.717) is 11.1 Å². The second kappa shape index (κ2) is 3.24. The van der Waals surface area contributed by atoms with Crippen molar-refractivity contribution >= 4 is 27.7 Å². The van der Waals surface area contributed by atoms with Crippen LogP contribution in [0.2, 0.25) is 0 Å². The van der Waals surface area contributed by atoms with Crippen molar-refractivity contribution in [3.63, 3.8) is 0 Å². The van der Waals surface area contributed by atoms with E-state index in [-0.39, 0.29) is 0 Å². The molecule has 3 heteroatoms. The fraction of sp³-hybridized carbons (Fsp3) is 0.0909. The van der Waals surface area contributed by atoms with Crippen molar-refractivity contribution in [3.05, 3.63) is 34.2 Å². The van der Waals surface area contributed by atoms with Gasteiger partial charge in [0.25, 0.3) is 0 Å². The average Bonchev–Trinajstić information content (AvgIpc) is 2.60. The molecule has 0 fully saturated rings. The summed E-state index contributed by atoms with van der Waals surface area (Å²) >= 11 is 1.45. The van der Waals surface area contributed by atoms with Crippen molar-refractivity contribution in [3.8, 4) is 6.07 Å². The van der Waals surface area contributed by atoms with Crippen LogP contribution >= 0.6 is 11.3 Å². The maximum absolute atomic E-state index is 10.9. The minimum absolute atomic E-state index is 0.646. The van der Waals surface area contributed by atoms with Gasteiger partial charge in [-0.3, -0.25) is 4.79 Å². The zero-order valence-electron chi connectivity index (χ0n) is 7.57. The molecule has 68 valence electrons. The van der Waals surface area contributed by atoms with E-state index in [4.69, 9.17) is 5.26 Å². The SMILES string of the molecule is Cc1ccc2c(C#N)csc2c1C=O. The Kier molecular flexibility index (Phi) is 2.06. The third-order valence-corrected chi connectivity index (χ3v) is 3.27. The highest BCUT2D eigenvalue weighted by molar-refractivity contribution is 7.17. The first kappa shape index (κ1) is 8.92. The van der Waals surface area contributed by atoms with Crippen molar-refractivity contribution in [2.24, 2.45) is 0 Å². The van der Waals surface area contributed by atoms with E-state index < -0.39 is 0 Å². The Morgan fingerprint density at radius 2 is 2.29 bits per heavy atom. The number of hydrogen-bond donors (Lipinski definition) is 0. The molecule has 0 saturated carbocycles. The van der Waals surface area contributed by atoms with Crippen LogP contribution in [-0.2, 0) is 0 Å². The van der Waals surface area contributed by atoms with E-state index >= 15 is 0 Å². The molecule has 0 amide bonds. The normalized spacial score (nSPS) is 10.0. The number of fused-ring (bicyclic) bond motifs is 1. The molecule has 14 heavy (non-hydrogen) atoms. The van der Waals surface area contributed by atoms with Crippen molar-refractivity contribution < 1.29 is 4.79 Å². The van der Waals surface area contributed by atoms with Crippen LogP contribution < -0.4 is 0 Å². The minimum Gasteiger partial charge on any atom is -0.298 e. The van der Waals surface area contributed by atoms with Gasteiger partial charge < -0.3 is 0 Å². The molecule has 0 aliphatic rings. The van der Waals surface area contributed by atoms with Crippen LogP contribution in [0.5, 0.6) is 0 Å².